The highest BCUT2D eigenvalue weighted by Crippen LogP contribution is 2.58. The molecule has 0 bridgehead atoms. The van der Waals surface area contributed by atoms with E-state index in [9.17, 15) is 0 Å². The number of hydrogen-bond donors (Lipinski definition) is 2. The molecule has 3 aliphatic rings. The predicted octanol–water partition coefficient (Wildman–Crippen LogP) is 2.15. The molecular weight excluding hydrogens is 236 g/mol. The minimum Gasteiger partial charge on any atom is -0.377 e. The summed E-state index contributed by atoms with van der Waals surface area (Å²) in [6.07, 6.45) is 4.29. The van der Waals surface area contributed by atoms with Crippen LogP contribution in [0.1, 0.15) is 47.0 Å². The molecule has 3 fully saturated rings. The maximum Gasteiger partial charge on any atom is 0.0691 e. The van der Waals surface area contributed by atoms with Crippen LogP contribution >= 0.6 is 0 Å². The van der Waals surface area contributed by atoms with Crippen LogP contribution in [-0.4, -0.2) is 31.3 Å². The van der Waals surface area contributed by atoms with Gasteiger partial charge in [0.25, 0.3) is 0 Å². The van der Waals surface area contributed by atoms with E-state index in [0.29, 0.717) is 17.4 Å². The van der Waals surface area contributed by atoms with E-state index in [1.807, 2.05) is 0 Å². The summed E-state index contributed by atoms with van der Waals surface area (Å²) < 4.78 is 5.85. The number of fused-ring (bicyclic) bond motifs is 1. The van der Waals surface area contributed by atoms with Gasteiger partial charge in [0, 0.05) is 36.6 Å². The molecule has 0 aromatic heterocycles. The summed E-state index contributed by atoms with van der Waals surface area (Å²) >= 11 is 0. The maximum atomic E-state index is 6.75. The Balaban J connectivity index is 1.58. The average molecular weight is 266 g/mol. The molecule has 1 saturated heterocycles. The third kappa shape index (κ3) is 1.81. The van der Waals surface area contributed by atoms with Gasteiger partial charge in [-0.25, -0.2) is 0 Å². The first kappa shape index (κ1) is 13.8. The van der Waals surface area contributed by atoms with Crippen molar-refractivity contribution in [1.29, 1.82) is 0 Å². The van der Waals surface area contributed by atoms with E-state index < -0.39 is 0 Å². The lowest BCUT2D eigenvalue weighted by atomic mass is 9.48. The van der Waals surface area contributed by atoms with Crippen LogP contribution < -0.4 is 11.1 Å². The normalized spacial score (nSPS) is 42.0. The molecule has 0 amide bonds. The van der Waals surface area contributed by atoms with E-state index >= 15 is 0 Å². The van der Waals surface area contributed by atoms with E-state index in [1.165, 1.54) is 12.8 Å². The van der Waals surface area contributed by atoms with Gasteiger partial charge in [0.2, 0.25) is 0 Å². The predicted molar refractivity (Wildman–Crippen MR) is 77.9 cm³/mol. The van der Waals surface area contributed by atoms with E-state index in [0.717, 1.165) is 32.0 Å². The van der Waals surface area contributed by atoms with Gasteiger partial charge in [-0.2, -0.15) is 0 Å². The molecule has 0 aromatic rings. The van der Waals surface area contributed by atoms with Gasteiger partial charge in [0.05, 0.1) is 6.10 Å². The Bertz CT molecular complexity index is 362. The smallest absolute Gasteiger partial charge is 0.0691 e. The first-order chi connectivity index (χ1) is 8.83. The quantitative estimate of drug-likeness (QED) is 0.801. The number of hydrogen-bond acceptors (Lipinski definition) is 3. The fraction of sp³-hybridized carbons (Fsp3) is 1.00. The van der Waals surface area contributed by atoms with Gasteiger partial charge >= 0.3 is 0 Å². The highest BCUT2D eigenvalue weighted by Gasteiger charge is 2.67. The van der Waals surface area contributed by atoms with Gasteiger partial charge in [0.15, 0.2) is 0 Å². The number of nitrogens with two attached hydrogens (primary N) is 1. The van der Waals surface area contributed by atoms with Gasteiger partial charge in [0.1, 0.15) is 0 Å². The average Bonchev–Trinajstić information content (AvgIpc) is 2.98. The van der Waals surface area contributed by atoms with Crippen molar-refractivity contribution >= 4 is 0 Å². The zero-order valence-corrected chi connectivity index (χ0v) is 13.0. The van der Waals surface area contributed by atoms with Crippen LogP contribution in [0.25, 0.3) is 0 Å². The Hall–Kier alpha value is -0.120. The molecule has 3 heteroatoms. The third-order valence-electron chi connectivity index (χ3n) is 6.68. The molecule has 1 heterocycles. The molecule has 3 atom stereocenters. The topological polar surface area (TPSA) is 47.3 Å². The van der Waals surface area contributed by atoms with Gasteiger partial charge in [-0.1, -0.05) is 27.7 Å². The number of nitrogens with one attached hydrogen (secondary N) is 1. The van der Waals surface area contributed by atoms with Gasteiger partial charge in [-0.05, 0) is 30.6 Å². The molecule has 3 rings (SSSR count). The second-order valence-corrected chi connectivity index (χ2v) is 8.07. The van der Waals surface area contributed by atoms with Gasteiger partial charge in [-0.15, -0.1) is 0 Å². The molecule has 110 valence electrons. The van der Waals surface area contributed by atoms with E-state index in [-0.39, 0.29) is 11.0 Å². The molecule has 1 aliphatic heterocycles. The van der Waals surface area contributed by atoms with Crippen molar-refractivity contribution in [2.75, 3.05) is 19.7 Å². The SMILES string of the molecule is CC(C)C1(CNCC2(N)C3CCOC3C2(C)C)CC1. The van der Waals surface area contributed by atoms with E-state index in [1.54, 1.807) is 0 Å². The molecule has 0 aromatic carbocycles. The number of ether oxygens (including phenoxy) is 1. The van der Waals surface area contributed by atoms with Crippen molar-refractivity contribution in [3.05, 3.63) is 0 Å². The standard InChI is InChI=1S/C16H30N2O/c1-11(2)15(6-7-15)9-18-10-16(17)12-5-8-19-13(12)14(16,3)4/h11-13,18H,5-10,17H2,1-4H3. The molecule has 3 N–H and O–H groups in total. The van der Waals surface area contributed by atoms with Gasteiger partial charge in [-0.3, -0.25) is 0 Å². The first-order valence-corrected chi connectivity index (χ1v) is 7.95. The first-order valence-electron chi connectivity index (χ1n) is 7.95. The molecule has 2 saturated carbocycles. The van der Waals surface area contributed by atoms with E-state index in [4.69, 9.17) is 10.5 Å². The Labute approximate surface area is 117 Å². The summed E-state index contributed by atoms with van der Waals surface area (Å²) in [7, 11) is 0. The zero-order valence-electron chi connectivity index (χ0n) is 13.0. The van der Waals surface area contributed by atoms with Gasteiger partial charge < -0.3 is 15.8 Å². The lowest BCUT2D eigenvalue weighted by Crippen LogP contribution is -2.78. The maximum absolute atomic E-state index is 6.75. The minimum absolute atomic E-state index is 0.0821. The minimum atomic E-state index is -0.0821. The molecular formula is C16H30N2O. The van der Waals surface area contributed by atoms with Crippen LogP contribution in [0.3, 0.4) is 0 Å². The molecule has 0 radical (unpaired) electrons. The van der Waals surface area contributed by atoms with Crippen LogP contribution in [0.2, 0.25) is 0 Å². The molecule has 3 unspecified atom stereocenters. The van der Waals surface area contributed by atoms with Crippen molar-refractivity contribution in [3.63, 3.8) is 0 Å². The Kier molecular flexibility index (Phi) is 3.05. The van der Waals surface area contributed by atoms with Crippen LogP contribution in [0.15, 0.2) is 0 Å². The lowest BCUT2D eigenvalue weighted by molar-refractivity contribution is -0.153. The molecule has 19 heavy (non-hydrogen) atoms. The lowest BCUT2D eigenvalue weighted by Gasteiger charge is -2.62. The molecule has 2 aliphatic carbocycles. The fourth-order valence-electron chi connectivity index (χ4n) is 4.47. The van der Waals surface area contributed by atoms with Crippen molar-refractivity contribution in [2.24, 2.45) is 28.4 Å². The highest BCUT2D eigenvalue weighted by atomic mass is 16.5. The second-order valence-electron chi connectivity index (χ2n) is 8.07. The Morgan fingerprint density at radius 2 is 1.95 bits per heavy atom. The summed E-state index contributed by atoms with van der Waals surface area (Å²) in [5.74, 6) is 1.34. The van der Waals surface area contributed by atoms with Crippen LogP contribution in [0.5, 0.6) is 0 Å². The third-order valence-corrected chi connectivity index (χ3v) is 6.68. The fourth-order valence-corrected chi connectivity index (χ4v) is 4.47. The Morgan fingerprint density at radius 3 is 2.53 bits per heavy atom. The van der Waals surface area contributed by atoms with Crippen LogP contribution in [0.4, 0.5) is 0 Å². The van der Waals surface area contributed by atoms with Crippen LogP contribution in [-0.2, 0) is 4.74 Å². The summed E-state index contributed by atoms with van der Waals surface area (Å²) in [4.78, 5) is 0. The zero-order chi connectivity index (χ0) is 13.9. The molecule has 0 spiro atoms. The number of rotatable bonds is 5. The van der Waals surface area contributed by atoms with Crippen molar-refractivity contribution in [2.45, 2.75) is 58.6 Å². The summed E-state index contributed by atoms with van der Waals surface area (Å²) in [6, 6.07) is 0. The van der Waals surface area contributed by atoms with Crippen molar-refractivity contribution < 1.29 is 4.74 Å². The van der Waals surface area contributed by atoms with Crippen molar-refractivity contribution in [1.82, 2.24) is 5.32 Å². The monoisotopic (exact) mass is 266 g/mol. The van der Waals surface area contributed by atoms with Crippen LogP contribution in [0, 0.1) is 22.7 Å². The highest BCUT2D eigenvalue weighted by molar-refractivity contribution is 5.21. The van der Waals surface area contributed by atoms with Crippen molar-refractivity contribution in [3.8, 4) is 0 Å². The Morgan fingerprint density at radius 1 is 1.26 bits per heavy atom. The largest absolute Gasteiger partial charge is 0.377 e. The second kappa shape index (κ2) is 4.19. The summed E-state index contributed by atoms with van der Waals surface area (Å²) in [5.41, 5.74) is 7.34. The molecule has 3 nitrogen and oxygen atoms in total. The summed E-state index contributed by atoms with van der Waals surface area (Å²) in [6.45, 7) is 12.2. The van der Waals surface area contributed by atoms with E-state index in [2.05, 4.69) is 33.0 Å². The summed E-state index contributed by atoms with van der Waals surface area (Å²) in [5, 5.41) is 3.70.